The second kappa shape index (κ2) is 5.18. The Morgan fingerprint density at radius 3 is 2.50 bits per heavy atom. The third-order valence-electron chi connectivity index (χ3n) is 3.24. The van der Waals surface area contributed by atoms with Gasteiger partial charge in [-0.3, -0.25) is 4.79 Å². The summed E-state index contributed by atoms with van der Waals surface area (Å²) in [5.41, 5.74) is 0.327. The molecule has 4 nitrogen and oxygen atoms in total. The number of hydrogen-bond donors (Lipinski definition) is 2. The van der Waals surface area contributed by atoms with Crippen molar-refractivity contribution in [3.05, 3.63) is 23.8 Å². The first-order valence-electron chi connectivity index (χ1n) is 5.93. The first-order valence-corrected chi connectivity index (χ1v) is 6.85. The van der Waals surface area contributed by atoms with Crippen LogP contribution in [0.5, 0.6) is 11.5 Å². The van der Waals surface area contributed by atoms with Crippen molar-refractivity contribution >= 4 is 21.8 Å². The highest BCUT2D eigenvalue weighted by molar-refractivity contribution is 9.09. The summed E-state index contributed by atoms with van der Waals surface area (Å²) in [5.74, 6) is 0.0598. The van der Waals surface area contributed by atoms with Crippen LogP contribution >= 0.6 is 15.9 Å². The monoisotopic (exact) mass is 313 g/mol. The van der Waals surface area contributed by atoms with Gasteiger partial charge in [0.25, 0.3) is 5.91 Å². The summed E-state index contributed by atoms with van der Waals surface area (Å²) in [5, 5.41) is 18.8. The molecule has 18 heavy (non-hydrogen) atoms. The minimum absolute atomic E-state index is 0.0956. The van der Waals surface area contributed by atoms with Gasteiger partial charge in [-0.25, -0.2) is 0 Å². The molecule has 0 spiro atoms. The van der Waals surface area contributed by atoms with Crippen LogP contribution in [0.3, 0.4) is 0 Å². The number of alkyl halides is 1. The van der Waals surface area contributed by atoms with Crippen LogP contribution in [0.4, 0.5) is 0 Å². The number of nitrogens with zero attached hydrogens (tertiary/aromatic N) is 1. The molecule has 1 fully saturated rings. The highest BCUT2D eigenvalue weighted by Crippen LogP contribution is 2.26. The van der Waals surface area contributed by atoms with Crippen LogP contribution in [-0.2, 0) is 0 Å². The summed E-state index contributed by atoms with van der Waals surface area (Å²) < 4.78 is 0. The zero-order valence-corrected chi connectivity index (χ0v) is 11.7. The Kier molecular flexibility index (Phi) is 3.80. The van der Waals surface area contributed by atoms with E-state index in [9.17, 15) is 15.0 Å². The fourth-order valence-electron chi connectivity index (χ4n) is 2.20. The van der Waals surface area contributed by atoms with E-state index in [1.54, 1.807) is 4.90 Å². The van der Waals surface area contributed by atoms with Gasteiger partial charge in [0.1, 0.15) is 11.5 Å². The summed E-state index contributed by atoms with van der Waals surface area (Å²) in [6, 6.07) is 3.98. The van der Waals surface area contributed by atoms with E-state index in [1.165, 1.54) is 18.2 Å². The lowest BCUT2D eigenvalue weighted by Crippen LogP contribution is -2.43. The summed E-state index contributed by atoms with van der Waals surface area (Å²) >= 11 is 3.59. The molecule has 0 aliphatic carbocycles. The number of phenolic OH excluding ortho intramolecular Hbond substituents is 2. The number of carbonyl (C=O) groups excluding carboxylic acids is 1. The number of phenols is 2. The average Bonchev–Trinajstić information content (AvgIpc) is 2.30. The maximum atomic E-state index is 12.2. The van der Waals surface area contributed by atoms with Gasteiger partial charge in [-0.2, -0.15) is 0 Å². The molecule has 1 aromatic rings. The fraction of sp³-hybridized carbons (Fsp3) is 0.462. The van der Waals surface area contributed by atoms with Gasteiger partial charge in [0.05, 0.1) is 0 Å². The molecule has 0 radical (unpaired) electrons. The zero-order chi connectivity index (χ0) is 13.3. The zero-order valence-electron chi connectivity index (χ0n) is 10.1. The van der Waals surface area contributed by atoms with Crippen molar-refractivity contribution in [2.24, 2.45) is 5.92 Å². The first-order chi connectivity index (χ1) is 8.47. The van der Waals surface area contributed by atoms with Gasteiger partial charge in [-0.05, 0) is 24.5 Å². The topological polar surface area (TPSA) is 60.8 Å². The van der Waals surface area contributed by atoms with Crippen molar-refractivity contribution < 1.29 is 15.0 Å². The Hall–Kier alpha value is -1.23. The molecular formula is C13H16BrNO3. The van der Waals surface area contributed by atoms with Crippen molar-refractivity contribution in [1.82, 2.24) is 4.90 Å². The third kappa shape index (κ3) is 2.77. The molecule has 1 aliphatic rings. The van der Waals surface area contributed by atoms with E-state index >= 15 is 0 Å². The van der Waals surface area contributed by atoms with Crippen LogP contribution in [0.15, 0.2) is 18.2 Å². The Morgan fingerprint density at radius 1 is 1.33 bits per heavy atom. The largest absolute Gasteiger partial charge is 0.508 e. The van der Waals surface area contributed by atoms with E-state index < -0.39 is 0 Å². The van der Waals surface area contributed by atoms with Crippen molar-refractivity contribution in [3.63, 3.8) is 0 Å². The Morgan fingerprint density at radius 2 is 1.94 bits per heavy atom. The maximum Gasteiger partial charge on any atom is 0.254 e. The van der Waals surface area contributed by atoms with Gasteiger partial charge in [-0.1, -0.05) is 22.9 Å². The number of piperidine rings is 1. The average molecular weight is 314 g/mol. The number of hydrogen-bond acceptors (Lipinski definition) is 3. The Labute approximate surface area is 114 Å². The molecule has 1 aromatic carbocycles. The summed E-state index contributed by atoms with van der Waals surface area (Å²) in [4.78, 5) is 14.4. The van der Waals surface area contributed by atoms with Gasteiger partial charge >= 0.3 is 0 Å². The van der Waals surface area contributed by atoms with E-state index in [0.717, 1.165) is 6.42 Å². The number of aromatic hydroxyl groups is 2. The fourth-order valence-corrected chi connectivity index (χ4v) is 2.57. The number of halogens is 1. The molecule has 0 bridgehead atoms. The predicted octanol–water partition coefficient (Wildman–Crippen LogP) is 2.34. The van der Waals surface area contributed by atoms with E-state index in [0.29, 0.717) is 29.4 Å². The quantitative estimate of drug-likeness (QED) is 0.782. The normalized spacial score (nSPS) is 24.0. The van der Waals surface area contributed by atoms with Crippen molar-refractivity contribution in [2.45, 2.75) is 18.2 Å². The van der Waals surface area contributed by atoms with Crippen LogP contribution in [0.25, 0.3) is 0 Å². The van der Waals surface area contributed by atoms with E-state index in [-0.39, 0.29) is 17.4 Å². The van der Waals surface area contributed by atoms with Crippen LogP contribution in [0.2, 0.25) is 0 Å². The molecule has 1 amide bonds. The standard InChI is InChI=1S/C13H16BrNO3/c1-8-7-15(3-2-12(8)14)13(18)9-4-10(16)6-11(17)5-9/h4-6,8,12,16-17H,2-3,7H2,1H3. The van der Waals surface area contributed by atoms with Gasteiger partial charge in [0.2, 0.25) is 0 Å². The van der Waals surface area contributed by atoms with Gasteiger partial charge < -0.3 is 15.1 Å². The molecular weight excluding hydrogens is 298 g/mol. The lowest BCUT2D eigenvalue weighted by atomic mass is 9.99. The maximum absolute atomic E-state index is 12.2. The minimum atomic E-state index is -0.146. The van der Waals surface area contributed by atoms with Crippen molar-refractivity contribution in [1.29, 1.82) is 0 Å². The SMILES string of the molecule is CC1CN(C(=O)c2cc(O)cc(O)c2)CCC1Br. The van der Waals surface area contributed by atoms with E-state index in [2.05, 4.69) is 22.9 Å². The number of likely N-dealkylation sites (tertiary alicyclic amines) is 1. The van der Waals surface area contributed by atoms with Gasteiger partial charge in [-0.15, -0.1) is 0 Å². The van der Waals surface area contributed by atoms with E-state index in [1.807, 2.05) is 0 Å². The van der Waals surface area contributed by atoms with Crippen molar-refractivity contribution in [3.8, 4) is 11.5 Å². The number of benzene rings is 1. The number of carbonyl (C=O) groups is 1. The lowest BCUT2D eigenvalue weighted by Gasteiger charge is -2.34. The Balaban J connectivity index is 2.16. The number of amides is 1. The number of rotatable bonds is 1. The van der Waals surface area contributed by atoms with Crippen LogP contribution in [0.1, 0.15) is 23.7 Å². The highest BCUT2D eigenvalue weighted by atomic mass is 79.9. The molecule has 5 heteroatoms. The summed E-state index contributed by atoms with van der Waals surface area (Å²) in [6.45, 7) is 3.47. The molecule has 2 N–H and O–H groups in total. The molecule has 98 valence electrons. The molecule has 2 rings (SSSR count). The molecule has 1 aliphatic heterocycles. The van der Waals surface area contributed by atoms with Crippen LogP contribution in [0, 0.1) is 5.92 Å². The highest BCUT2D eigenvalue weighted by Gasteiger charge is 2.27. The second-order valence-corrected chi connectivity index (χ2v) is 5.95. The predicted molar refractivity (Wildman–Crippen MR) is 72.2 cm³/mol. The van der Waals surface area contributed by atoms with Crippen LogP contribution in [-0.4, -0.2) is 38.9 Å². The smallest absolute Gasteiger partial charge is 0.254 e. The first kappa shape index (κ1) is 13.2. The van der Waals surface area contributed by atoms with Crippen LogP contribution < -0.4 is 0 Å². The summed E-state index contributed by atoms with van der Waals surface area (Å²) in [6.07, 6.45) is 0.914. The van der Waals surface area contributed by atoms with Crippen molar-refractivity contribution in [2.75, 3.05) is 13.1 Å². The van der Waals surface area contributed by atoms with Gasteiger partial charge in [0, 0.05) is 29.5 Å². The molecule has 1 saturated heterocycles. The molecule has 0 aromatic heterocycles. The van der Waals surface area contributed by atoms with Gasteiger partial charge in [0.15, 0.2) is 0 Å². The molecule has 2 atom stereocenters. The third-order valence-corrected chi connectivity index (χ3v) is 4.60. The molecule has 0 saturated carbocycles. The Bertz CT molecular complexity index is 443. The second-order valence-electron chi connectivity index (χ2n) is 4.77. The minimum Gasteiger partial charge on any atom is -0.508 e. The summed E-state index contributed by atoms with van der Waals surface area (Å²) in [7, 11) is 0. The lowest BCUT2D eigenvalue weighted by molar-refractivity contribution is 0.0689. The van der Waals surface area contributed by atoms with E-state index in [4.69, 9.17) is 0 Å². The molecule has 1 heterocycles. The molecule has 2 unspecified atom stereocenters.